The number of nitrogens with zero attached hydrogens (tertiary/aromatic N) is 2. The van der Waals surface area contributed by atoms with Crippen LogP contribution in [0.4, 0.5) is 8.78 Å². The Kier molecular flexibility index (Phi) is 13.6. The predicted molar refractivity (Wildman–Crippen MR) is 133 cm³/mol. The summed E-state index contributed by atoms with van der Waals surface area (Å²) in [6.07, 6.45) is 13.4. The van der Waals surface area contributed by atoms with Crippen LogP contribution in [0.25, 0.3) is 11.4 Å². The van der Waals surface area contributed by atoms with Gasteiger partial charge in [-0.05, 0) is 24.8 Å². The van der Waals surface area contributed by atoms with Crippen molar-refractivity contribution in [2.75, 3.05) is 6.61 Å². The molecule has 0 N–H and O–H groups in total. The van der Waals surface area contributed by atoms with Gasteiger partial charge in [0, 0.05) is 18.4 Å². The number of hydrogen-bond donors (Lipinski definition) is 0. The first-order chi connectivity index (χ1) is 16.1. The first-order valence-corrected chi connectivity index (χ1v) is 12.9. The maximum Gasteiger partial charge on any atom is 0.159 e. The quantitative estimate of drug-likeness (QED) is 0.209. The van der Waals surface area contributed by atoms with Gasteiger partial charge in [-0.3, -0.25) is 0 Å². The summed E-state index contributed by atoms with van der Waals surface area (Å²) in [5.74, 6) is 1.15. The lowest BCUT2D eigenvalue weighted by Gasteiger charge is -2.12. The predicted octanol–water partition coefficient (Wildman–Crippen LogP) is 8.46. The molecule has 5 heteroatoms. The molecule has 0 amide bonds. The zero-order chi connectivity index (χ0) is 23.7. The van der Waals surface area contributed by atoms with Crippen LogP contribution in [0.5, 0.6) is 5.75 Å². The zero-order valence-electron chi connectivity index (χ0n) is 20.6. The SMILES string of the molecule is CCCCCCCCc1ccc(-c2ncc(OCCC(F)CC(F)CCCCC)cn2)cc1. The number of aromatic nitrogens is 2. The number of alkyl halides is 2. The van der Waals surface area contributed by atoms with E-state index in [0.29, 0.717) is 18.0 Å². The van der Waals surface area contributed by atoms with E-state index in [4.69, 9.17) is 4.74 Å². The highest BCUT2D eigenvalue weighted by atomic mass is 19.1. The second kappa shape index (κ2) is 16.6. The molecule has 3 nitrogen and oxygen atoms in total. The molecule has 0 aliphatic rings. The first-order valence-electron chi connectivity index (χ1n) is 12.9. The van der Waals surface area contributed by atoms with Crippen LogP contribution in [-0.2, 0) is 6.42 Å². The third-order valence-electron chi connectivity index (χ3n) is 5.99. The van der Waals surface area contributed by atoms with Gasteiger partial charge in [-0.2, -0.15) is 0 Å². The van der Waals surface area contributed by atoms with Crippen LogP contribution in [0.1, 0.15) is 96.5 Å². The van der Waals surface area contributed by atoms with Crippen molar-refractivity contribution >= 4 is 0 Å². The Morgan fingerprint density at radius 3 is 2.06 bits per heavy atom. The minimum atomic E-state index is -1.18. The largest absolute Gasteiger partial charge is 0.490 e. The molecule has 2 atom stereocenters. The van der Waals surface area contributed by atoms with Gasteiger partial charge in [-0.15, -0.1) is 0 Å². The fourth-order valence-corrected chi connectivity index (χ4v) is 3.90. The topological polar surface area (TPSA) is 35.0 Å². The summed E-state index contributed by atoms with van der Waals surface area (Å²) in [7, 11) is 0. The standard InChI is InChI=1S/C28H42F2N2O/c1-3-5-7-8-9-11-12-23-14-16-24(17-15-23)28-31-21-27(22-32-28)33-19-18-26(30)20-25(29)13-10-6-4-2/h14-17,21-22,25-26H,3-13,18-20H2,1-2H3. The lowest BCUT2D eigenvalue weighted by molar-refractivity contribution is 0.174. The van der Waals surface area contributed by atoms with Crippen molar-refractivity contribution in [1.29, 1.82) is 0 Å². The second-order valence-corrected chi connectivity index (χ2v) is 9.02. The molecule has 184 valence electrons. The summed E-state index contributed by atoms with van der Waals surface area (Å²) in [5, 5.41) is 0. The van der Waals surface area contributed by atoms with Crippen LogP contribution < -0.4 is 4.74 Å². The Morgan fingerprint density at radius 2 is 1.36 bits per heavy atom. The van der Waals surface area contributed by atoms with Crippen molar-refractivity contribution in [3.05, 3.63) is 42.2 Å². The van der Waals surface area contributed by atoms with Gasteiger partial charge in [0.05, 0.1) is 19.0 Å². The maximum atomic E-state index is 14.0. The summed E-state index contributed by atoms with van der Waals surface area (Å²) >= 11 is 0. The molecule has 2 rings (SSSR count). The summed E-state index contributed by atoms with van der Waals surface area (Å²) in [4.78, 5) is 8.76. The van der Waals surface area contributed by atoms with Gasteiger partial charge in [0.25, 0.3) is 0 Å². The Morgan fingerprint density at radius 1 is 0.758 bits per heavy atom. The zero-order valence-corrected chi connectivity index (χ0v) is 20.6. The lowest BCUT2D eigenvalue weighted by Crippen LogP contribution is -2.14. The van der Waals surface area contributed by atoms with Crippen molar-refractivity contribution in [1.82, 2.24) is 9.97 Å². The average molecular weight is 461 g/mol. The molecule has 0 saturated carbocycles. The Balaban J connectivity index is 1.68. The molecule has 0 aliphatic heterocycles. The summed E-state index contributed by atoms with van der Waals surface area (Å²) in [6.45, 7) is 4.51. The summed E-state index contributed by atoms with van der Waals surface area (Å²) < 4.78 is 33.3. The molecule has 2 aromatic rings. The average Bonchev–Trinajstić information content (AvgIpc) is 2.82. The Hall–Kier alpha value is -2.04. The monoisotopic (exact) mass is 460 g/mol. The number of unbranched alkanes of at least 4 members (excludes halogenated alkanes) is 7. The lowest BCUT2D eigenvalue weighted by atomic mass is 10.0. The van der Waals surface area contributed by atoms with Gasteiger partial charge in [0.15, 0.2) is 11.6 Å². The van der Waals surface area contributed by atoms with Crippen molar-refractivity contribution < 1.29 is 13.5 Å². The molecular weight excluding hydrogens is 418 g/mol. The molecule has 0 bridgehead atoms. The van der Waals surface area contributed by atoms with E-state index >= 15 is 0 Å². The number of halogens is 2. The third kappa shape index (κ3) is 11.6. The minimum absolute atomic E-state index is 0.0443. The molecule has 0 saturated heterocycles. The molecule has 1 aromatic carbocycles. The van der Waals surface area contributed by atoms with Crippen LogP contribution in [0, 0.1) is 0 Å². The van der Waals surface area contributed by atoms with E-state index in [1.807, 2.05) is 0 Å². The van der Waals surface area contributed by atoms with E-state index in [0.717, 1.165) is 31.2 Å². The van der Waals surface area contributed by atoms with Crippen LogP contribution in [-0.4, -0.2) is 28.9 Å². The van der Waals surface area contributed by atoms with Gasteiger partial charge in [-0.1, -0.05) is 89.5 Å². The summed E-state index contributed by atoms with van der Waals surface area (Å²) in [5.41, 5.74) is 2.31. The molecule has 0 fully saturated rings. The molecular formula is C28H42F2N2O. The number of rotatable bonds is 18. The first kappa shape index (κ1) is 27.2. The van der Waals surface area contributed by atoms with Crippen LogP contribution >= 0.6 is 0 Å². The van der Waals surface area contributed by atoms with Crippen molar-refractivity contribution in [2.45, 2.75) is 110 Å². The Bertz CT molecular complexity index is 737. The van der Waals surface area contributed by atoms with Gasteiger partial charge < -0.3 is 4.74 Å². The molecule has 0 spiro atoms. The minimum Gasteiger partial charge on any atom is -0.490 e. The molecule has 1 heterocycles. The maximum absolute atomic E-state index is 14.0. The van der Waals surface area contributed by atoms with E-state index in [9.17, 15) is 8.78 Å². The van der Waals surface area contributed by atoms with Crippen LogP contribution in [0.2, 0.25) is 0 Å². The Labute approximate surface area is 199 Å². The van der Waals surface area contributed by atoms with Crippen molar-refractivity contribution in [2.24, 2.45) is 0 Å². The van der Waals surface area contributed by atoms with Crippen LogP contribution in [0.15, 0.2) is 36.7 Å². The highest BCUT2D eigenvalue weighted by Gasteiger charge is 2.15. The molecule has 2 unspecified atom stereocenters. The molecule has 33 heavy (non-hydrogen) atoms. The number of ether oxygens (including phenoxy) is 1. The van der Waals surface area contributed by atoms with Gasteiger partial charge in [-0.25, -0.2) is 18.7 Å². The van der Waals surface area contributed by atoms with Gasteiger partial charge in [0.2, 0.25) is 0 Å². The van der Waals surface area contributed by atoms with E-state index < -0.39 is 12.3 Å². The van der Waals surface area contributed by atoms with E-state index in [2.05, 4.69) is 48.1 Å². The van der Waals surface area contributed by atoms with Gasteiger partial charge >= 0.3 is 0 Å². The van der Waals surface area contributed by atoms with E-state index in [1.54, 1.807) is 12.4 Å². The van der Waals surface area contributed by atoms with Crippen molar-refractivity contribution in [3.63, 3.8) is 0 Å². The third-order valence-corrected chi connectivity index (χ3v) is 5.99. The smallest absolute Gasteiger partial charge is 0.159 e. The van der Waals surface area contributed by atoms with E-state index in [-0.39, 0.29) is 19.4 Å². The molecule has 1 aromatic heterocycles. The highest BCUT2D eigenvalue weighted by Crippen LogP contribution is 2.20. The number of benzene rings is 1. The highest BCUT2D eigenvalue weighted by molar-refractivity contribution is 5.55. The van der Waals surface area contributed by atoms with E-state index in [1.165, 1.54) is 44.1 Å². The molecule has 0 radical (unpaired) electrons. The second-order valence-electron chi connectivity index (χ2n) is 9.02. The number of aryl methyl sites for hydroxylation is 1. The number of hydrogen-bond acceptors (Lipinski definition) is 3. The normalized spacial score (nSPS) is 13.1. The molecule has 0 aliphatic carbocycles. The fourth-order valence-electron chi connectivity index (χ4n) is 3.90. The van der Waals surface area contributed by atoms with Crippen LogP contribution in [0.3, 0.4) is 0 Å². The van der Waals surface area contributed by atoms with Crippen molar-refractivity contribution in [3.8, 4) is 17.1 Å². The van der Waals surface area contributed by atoms with Gasteiger partial charge in [0.1, 0.15) is 12.3 Å². The summed E-state index contributed by atoms with van der Waals surface area (Å²) in [6, 6.07) is 8.42. The fraction of sp³-hybridized carbons (Fsp3) is 0.643.